The second-order valence-electron chi connectivity index (χ2n) is 6.07. The molecule has 0 atom stereocenters. The Balaban J connectivity index is 1.68. The van der Waals surface area contributed by atoms with Crippen LogP contribution in [-0.4, -0.2) is 12.9 Å². The van der Waals surface area contributed by atoms with E-state index in [0.29, 0.717) is 17.1 Å². The zero-order valence-electron chi connectivity index (χ0n) is 14.8. The van der Waals surface area contributed by atoms with Crippen molar-refractivity contribution in [1.29, 1.82) is 0 Å². The lowest BCUT2D eigenvalue weighted by Gasteiger charge is -2.05. The lowest BCUT2D eigenvalue weighted by molar-refractivity contribution is 0.101. The molecule has 0 spiro atoms. The van der Waals surface area contributed by atoms with Gasteiger partial charge in [0.2, 0.25) is 5.78 Å². The summed E-state index contributed by atoms with van der Waals surface area (Å²) in [5.41, 5.74) is 2.30. The van der Waals surface area contributed by atoms with E-state index in [-0.39, 0.29) is 5.78 Å². The predicted molar refractivity (Wildman–Crippen MR) is 109 cm³/mol. The maximum atomic E-state index is 13.0. The van der Waals surface area contributed by atoms with E-state index >= 15 is 0 Å². The second kappa shape index (κ2) is 7.72. The van der Waals surface area contributed by atoms with Crippen LogP contribution in [0.4, 0.5) is 0 Å². The Hall–Kier alpha value is -2.98. The molecule has 0 aliphatic rings. The number of furan rings is 1. The zero-order chi connectivity index (χ0) is 18.6. The highest BCUT2D eigenvalue weighted by Crippen LogP contribution is 2.33. The van der Waals surface area contributed by atoms with E-state index in [1.54, 1.807) is 18.9 Å². The molecule has 4 rings (SSSR count). The lowest BCUT2D eigenvalue weighted by atomic mass is 10.0. The molecule has 1 heterocycles. The molecule has 0 aliphatic carbocycles. The van der Waals surface area contributed by atoms with Gasteiger partial charge in [-0.3, -0.25) is 4.79 Å². The number of para-hydroxylation sites is 1. The standard InChI is InChI=1S/C23H18O3S/c1-25-17-11-13-18(14-12-17)27-15-20-19-9-5-6-10-21(19)26-23(20)22(24)16-7-3-2-4-8-16/h2-14H,15H2,1H3. The molecule has 27 heavy (non-hydrogen) atoms. The van der Waals surface area contributed by atoms with E-state index in [2.05, 4.69) is 0 Å². The molecule has 0 fully saturated rings. The monoisotopic (exact) mass is 374 g/mol. The smallest absolute Gasteiger partial charge is 0.228 e. The molecule has 3 aromatic carbocycles. The van der Waals surface area contributed by atoms with Gasteiger partial charge in [-0.2, -0.15) is 0 Å². The van der Waals surface area contributed by atoms with Gasteiger partial charge in [0.05, 0.1) is 7.11 Å². The topological polar surface area (TPSA) is 39.4 Å². The third-order valence-corrected chi connectivity index (χ3v) is 5.42. The quantitative estimate of drug-likeness (QED) is 0.308. The Morgan fingerprint density at radius 3 is 2.37 bits per heavy atom. The summed E-state index contributed by atoms with van der Waals surface area (Å²) >= 11 is 1.67. The minimum Gasteiger partial charge on any atom is -0.497 e. The molecular formula is C23H18O3S. The molecule has 0 aliphatic heterocycles. The first-order valence-electron chi connectivity index (χ1n) is 8.63. The van der Waals surface area contributed by atoms with Gasteiger partial charge in [0.25, 0.3) is 0 Å². The summed E-state index contributed by atoms with van der Waals surface area (Å²) in [6.45, 7) is 0. The van der Waals surface area contributed by atoms with E-state index in [1.807, 2.05) is 78.9 Å². The average molecular weight is 374 g/mol. The molecule has 4 heteroatoms. The van der Waals surface area contributed by atoms with Gasteiger partial charge in [0.15, 0.2) is 5.76 Å². The van der Waals surface area contributed by atoms with Crippen LogP contribution in [0.2, 0.25) is 0 Å². The molecule has 0 N–H and O–H groups in total. The molecule has 0 amide bonds. The van der Waals surface area contributed by atoms with Gasteiger partial charge in [-0.15, -0.1) is 11.8 Å². The number of hydrogen-bond donors (Lipinski definition) is 0. The first-order valence-corrected chi connectivity index (χ1v) is 9.62. The number of carbonyl (C=O) groups is 1. The number of fused-ring (bicyclic) bond motifs is 1. The number of rotatable bonds is 6. The normalized spacial score (nSPS) is 10.9. The van der Waals surface area contributed by atoms with Crippen LogP contribution in [0.25, 0.3) is 11.0 Å². The largest absolute Gasteiger partial charge is 0.497 e. The van der Waals surface area contributed by atoms with Crippen LogP contribution in [0.3, 0.4) is 0 Å². The number of benzene rings is 3. The van der Waals surface area contributed by atoms with Gasteiger partial charge in [-0.25, -0.2) is 0 Å². The summed E-state index contributed by atoms with van der Waals surface area (Å²) < 4.78 is 11.2. The number of ketones is 1. The van der Waals surface area contributed by atoms with Crippen LogP contribution >= 0.6 is 11.8 Å². The predicted octanol–water partition coefficient (Wildman–Crippen LogP) is 5.96. The minimum absolute atomic E-state index is 0.0860. The second-order valence-corrected chi connectivity index (χ2v) is 7.11. The van der Waals surface area contributed by atoms with Crippen molar-refractivity contribution in [2.75, 3.05) is 7.11 Å². The number of carbonyl (C=O) groups excluding carboxylic acids is 1. The molecule has 3 nitrogen and oxygen atoms in total. The molecule has 1 aromatic heterocycles. The Kier molecular flexibility index (Phi) is 4.99. The van der Waals surface area contributed by atoms with Crippen LogP contribution in [0, 0.1) is 0 Å². The maximum Gasteiger partial charge on any atom is 0.228 e. The maximum absolute atomic E-state index is 13.0. The van der Waals surface area contributed by atoms with E-state index in [9.17, 15) is 4.79 Å². The summed E-state index contributed by atoms with van der Waals surface area (Å²) in [7, 11) is 1.65. The van der Waals surface area contributed by atoms with Crippen molar-refractivity contribution >= 4 is 28.5 Å². The van der Waals surface area contributed by atoms with Gasteiger partial charge in [0.1, 0.15) is 11.3 Å². The van der Waals surface area contributed by atoms with Crippen molar-refractivity contribution in [3.63, 3.8) is 0 Å². The van der Waals surface area contributed by atoms with Gasteiger partial charge in [-0.05, 0) is 30.3 Å². The summed E-state index contributed by atoms with van der Waals surface area (Å²) in [5.74, 6) is 1.81. The highest BCUT2D eigenvalue weighted by molar-refractivity contribution is 7.98. The van der Waals surface area contributed by atoms with Gasteiger partial charge in [0, 0.05) is 27.2 Å². The Bertz CT molecular complexity index is 1070. The summed E-state index contributed by atoms with van der Waals surface area (Å²) in [6.07, 6.45) is 0. The third-order valence-electron chi connectivity index (χ3n) is 4.38. The fourth-order valence-electron chi connectivity index (χ4n) is 2.97. The van der Waals surface area contributed by atoms with E-state index in [1.165, 1.54) is 0 Å². The molecule has 0 bridgehead atoms. The SMILES string of the molecule is COc1ccc(SCc2c(C(=O)c3ccccc3)oc3ccccc23)cc1. The minimum atomic E-state index is -0.0860. The fraction of sp³-hybridized carbons (Fsp3) is 0.0870. The van der Waals surface area contributed by atoms with Crippen LogP contribution in [0.1, 0.15) is 21.7 Å². The first kappa shape index (κ1) is 17.4. The molecule has 0 unspecified atom stereocenters. The lowest BCUT2D eigenvalue weighted by Crippen LogP contribution is -2.02. The Labute approximate surface area is 162 Å². The molecule has 0 radical (unpaired) electrons. The Morgan fingerprint density at radius 1 is 0.926 bits per heavy atom. The molecule has 0 saturated carbocycles. The summed E-state index contributed by atoms with van der Waals surface area (Å²) in [5, 5.41) is 0.984. The van der Waals surface area contributed by atoms with Crippen LogP contribution in [0.5, 0.6) is 5.75 Å². The average Bonchev–Trinajstić information content (AvgIpc) is 3.11. The van der Waals surface area contributed by atoms with E-state index < -0.39 is 0 Å². The molecular weight excluding hydrogens is 356 g/mol. The van der Waals surface area contributed by atoms with Crippen molar-refractivity contribution in [3.8, 4) is 5.75 Å². The van der Waals surface area contributed by atoms with Crippen LogP contribution in [0.15, 0.2) is 88.2 Å². The van der Waals surface area contributed by atoms with Gasteiger partial charge in [-0.1, -0.05) is 48.5 Å². The summed E-state index contributed by atoms with van der Waals surface area (Å²) in [4.78, 5) is 14.1. The molecule has 134 valence electrons. The third kappa shape index (κ3) is 3.62. The number of methoxy groups -OCH3 is 1. The highest BCUT2D eigenvalue weighted by Gasteiger charge is 2.21. The number of thioether (sulfide) groups is 1. The van der Waals surface area contributed by atoms with Crippen molar-refractivity contribution < 1.29 is 13.9 Å². The molecule has 4 aromatic rings. The van der Waals surface area contributed by atoms with Crippen molar-refractivity contribution in [1.82, 2.24) is 0 Å². The number of hydrogen-bond acceptors (Lipinski definition) is 4. The van der Waals surface area contributed by atoms with Crippen molar-refractivity contribution in [2.45, 2.75) is 10.6 Å². The van der Waals surface area contributed by atoms with Crippen LogP contribution < -0.4 is 4.74 Å². The molecule has 0 saturated heterocycles. The van der Waals surface area contributed by atoms with E-state index in [4.69, 9.17) is 9.15 Å². The van der Waals surface area contributed by atoms with Gasteiger partial charge >= 0.3 is 0 Å². The van der Waals surface area contributed by atoms with Gasteiger partial charge < -0.3 is 9.15 Å². The highest BCUT2D eigenvalue weighted by atomic mass is 32.2. The summed E-state index contributed by atoms with van der Waals surface area (Å²) in [6, 6.07) is 25.0. The fourth-order valence-corrected chi connectivity index (χ4v) is 3.90. The van der Waals surface area contributed by atoms with E-state index in [0.717, 1.165) is 27.2 Å². The van der Waals surface area contributed by atoms with Crippen molar-refractivity contribution in [2.24, 2.45) is 0 Å². The Morgan fingerprint density at radius 2 is 1.63 bits per heavy atom. The first-order chi connectivity index (χ1) is 13.3. The number of ether oxygens (including phenoxy) is 1. The van der Waals surface area contributed by atoms with Crippen molar-refractivity contribution in [3.05, 3.63) is 95.7 Å². The zero-order valence-corrected chi connectivity index (χ0v) is 15.7. The van der Waals surface area contributed by atoms with Crippen LogP contribution in [-0.2, 0) is 5.75 Å².